The maximum absolute atomic E-state index is 12.3. The van der Waals surface area contributed by atoms with Crippen LogP contribution in [0.4, 0.5) is 5.69 Å². The number of hydrogen-bond acceptors (Lipinski definition) is 4. The summed E-state index contributed by atoms with van der Waals surface area (Å²) in [6.07, 6.45) is 1.74. The van der Waals surface area contributed by atoms with Crippen LogP contribution in [0.2, 0.25) is 15.1 Å². The summed E-state index contributed by atoms with van der Waals surface area (Å²) in [5.41, 5.74) is 1.30. The summed E-state index contributed by atoms with van der Waals surface area (Å²) in [6, 6.07) is 12.4. The average molecular weight is 454 g/mol. The lowest BCUT2D eigenvalue weighted by molar-refractivity contribution is -0.113. The van der Waals surface area contributed by atoms with Gasteiger partial charge in [-0.25, -0.2) is 0 Å². The number of carbonyl (C=O) groups is 1. The standard InChI is InChI=1S/C19H15Cl3N4OS/c1-2-9-26-18(12-5-3-6-13(20)10-12)24-25-19(26)28-11-16(27)23-15-8-4-7-14(21)17(15)22/h2-8,10H,1,9,11H2,(H,23,27). The SMILES string of the molecule is C=CCn1c(SCC(=O)Nc2cccc(Cl)c2Cl)nnc1-c1cccc(Cl)c1. The molecular formula is C19H15Cl3N4OS. The van der Waals surface area contributed by atoms with Crippen molar-refractivity contribution in [2.24, 2.45) is 0 Å². The quantitative estimate of drug-likeness (QED) is 0.361. The molecule has 0 aliphatic heterocycles. The molecule has 1 aromatic heterocycles. The number of aromatic nitrogens is 3. The molecule has 0 aliphatic carbocycles. The molecule has 3 rings (SSSR count). The highest BCUT2D eigenvalue weighted by molar-refractivity contribution is 7.99. The van der Waals surface area contributed by atoms with Crippen LogP contribution in [0.25, 0.3) is 11.4 Å². The van der Waals surface area contributed by atoms with E-state index in [1.807, 2.05) is 22.8 Å². The number of benzene rings is 2. The summed E-state index contributed by atoms with van der Waals surface area (Å²) in [5.74, 6) is 0.558. The number of halogens is 3. The summed E-state index contributed by atoms with van der Waals surface area (Å²) in [5, 5.41) is 13.1. The lowest BCUT2D eigenvalue weighted by Crippen LogP contribution is -2.15. The van der Waals surface area contributed by atoms with Gasteiger partial charge in [-0.05, 0) is 24.3 Å². The van der Waals surface area contributed by atoms with E-state index in [-0.39, 0.29) is 11.7 Å². The monoisotopic (exact) mass is 452 g/mol. The number of anilines is 1. The first kappa shape index (κ1) is 20.7. The van der Waals surface area contributed by atoms with Gasteiger partial charge in [0.2, 0.25) is 5.91 Å². The van der Waals surface area contributed by atoms with Crippen molar-refractivity contribution in [1.29, 1.82) is 0 Å². The first-order valence-corrected chi connectivity index (χ1v) is 10.3. The molecule has 0 aliphatic rings. The van der Waals surface area contributed by atoms with Crippen molar-refractivity contribution in [3.63, 3.8) is 0 Å². The largest absolute Gasteiger partial charge is 0.324 e. The fourth-order valence-corrected chi connectivity index (χ4v) is 3.73. The molecule has 0 spiro atoms. The minimum Gasteiger partial charge on any atom is -0.324 e. The zero-order valence-corrected chi connectivity index (χ0v) is 17.6. The molecule has 0 fully saturated rings. The Hall–Kier alpha value is -1.99. The van der Waals surface area contributed by atoms with Gasteiger partial charge < -0.3 is 5.32 Å². The maximum Gasteiger partial charge on any atom is 0.234 e. The normalized spacial score (nSPS) is 10.7. The first-order valence-electron chi connectivity index (χ1n) is 8.16. The second kappa shape index (κ2) is 9.47. The molecule has 0 unspecified atom stereocenters. The topological polar surface area (TPSA) is 59.8 Å². The van der Waals surface area contributed by atoms with E-state index in [1.165, 1.54) is 11.8 Å². The third-order valence-electron chi connectivity index (χ3n) is 3.67. The molecule has 0 bridgehead atoms. The third-order valence-corrected chi connectivity index (χ3v) is 5.69. The zero-order valence-electron chi connectivity index (χ0n) is 14.5. The van der Waals surface area contributed by atoms with Gasteiger partial charge in [-0.2, -0.15) is 0 Å². The predicted molar refractivity (Wildman–Crippen MR) is 116 cm³/mol. The zero-order chi connectivity index (χ0) is 20.1. The molecule has 0 atom stereocenters. The van der Waals surface area contributed by atoms with Crippen molar-refractivity contribution < 1.29 is 4.79 Å². The molecule has 0 radical (unpaired) electrons. The first-order chi connectivity index (χ1) is 13.5. The molecule has 5 nitrogen and oxygen atoms in total. The number of thioether (sulfide) groups is 1. The van der Waals surface area contributed by atoms with Gasteiger partial charge in [0, 0.05) is 17.1 Å². The number of carbonyl (C=O) groups excluding carboxylic acids is 1. The number of amides is 1. The van der Waals surface area contributed by atoms with Crippen molar-refractivity contribution in [3.05, 3.63) is 70.2 Å². The molecule has 3 aromatic rings. The van der Waals surface area contributed by atoms with Crippen LogP contribution < -0.4 is 5.32 Å². The molecule has 1 N–H and O–H groups in total. The highest BCUT2D eigenvalue weighted by Gasteiger charge is 2.16. The number of hydrogen-bond donors (Lipinski definition) is 1. The second-order valence-electron chi connectivity index (χ2n) is 5.65. The molecule has 0 saturated heterocycles. The smallest absolute Gasteiger partial charge is 0.234 e. The van der Waals surface area contributed by atoms with Gasteiger partial charge in [0.25, 0.3) is 0 Å². The van der Waals surface area contributed by atoms with Crippen molar-refractivity contribution in [2.75, 3.05) is 11.1 Å². The van der Waals surface area contributed by atoms with Crippen LogP contribution in [0.5, 0.6) is 0 Å². The average Bonchev–Trinajstić information content (AvgIpc) is 3.07. The highest BCUT2D eigenvalue weighted by Crippen LogP contribution is 2.30. The van der Waals surface area contributed by atoms with Gasteiger partial charge in [-0.3, -0.25) is 9.36 Å². The number of nitrogens with zero attached hydrogens (tertiary/aromatic N) is 3. The Kier molecular flexibility index (Phi) is 7.02. The van der Waals surface area contributed by atoms with E-state index in [4.69, 9.17) is 34.8 Å². The molecule has 1 heterocycles. The van der Waals surface area contributed by atoms with Crippen LogP contribution in [0.1, 0.15) is 0 Å². The maximum atomic E-state index is 12.3. The second-order valence-corrected chi connectivity index (χ2v) is 7.82. The summed E-state index contributed by atoms with van der Waals surface area (Å²) in [4.78, 5) is 12.3. The molecule has 0 saturated carbocycles. The number of nitrogens with one attached hydrogen (secondary N) is 1. The van der Waals surface area contributed by atoms with E-state index in [1.54, 1.807) is 30.3 Å². The van der Waals surface area contributed by atoms with Crippen molar-refractivity contribution in [2.45, 2.75) is 11.7 Å². The van der Waals surface area contributed by atoms with Crippen LogP contribution in [-0.4, -0.2) is 26.4 Å². The fraction of sp³-hybridized carbons (Fsp3) is 0.105. The van der Waals surface area contributed by atoms with E-state index < -0.39 is 0 Å². The van der Waals surface area contributed by atoms with Crippen LogP contribution in [0.3, 0.4) is 0 Å². The van der Waals surface area contributed by atoms with Gasteiger partial charge in [-0.1, -0.05) is 70.8 Å². The number of allylic oxidation sites excluding steroid dienone is 1. The Balaban J connectivity index is 1.74. The highest BCUT2D eigenvalue weighted by atomic mass is 35.5. The Bertz CT molecular complexity index is 1020. The van der Waals surface area contributed by atoms with E-state index in [0.717, 1.165) is 5.56 Å². The minimum absolute atomic E-state index is 0.133. The van der Waals surface area contributed by atoms with Crippen molar-refractivity contribution >= 4 is 58.2 Å². The number of rotatable bonds is 7. The molecular weight excluding hydrogens is 439 g/mol. The molecule has 9 heteroatoms. The molecule has 28 heavy (non-hydrogen) atoms. The van der Waals surface area contributed by atoms with E-state index >= 15 is 0 Å². The van der Waals surface area contributed by atoms with Crippen LogP contribution in [-0.2, 0) is 11.3 Å². The molecule has 144 valence electrons. The molecule has 2 aromatic carbocycles. The van der Waals surface area contributed by atoms with Gasteiger partial charge in [0.1, 0.15) is 0 Å². The lowest BCUT2D eigenvalue weighted by atomic mass is 10.2. The summed E-state index contributed by atoms with van der Waals surface area (Å²) in [7, 11) is 0. The third kappa shape index (κ3) is 4.89. The van der Waals surface area contributed by atoms with E-state index in [2.05, 4.69) is 22.1 Å². The Morgan fingerprint density at radius 1 is 1.18 bits per heavy atom. The Morgan fingerprint density at radius 3 is 2.71 bits per heavy atom. The van der Waals surface area contributed by atoms with Gasteiger partial charge in [0.05, 0.1) is 21.5 Å². The van der Waals surface area contributed by atoms with Crippen LogP contribution in [0, 0.1) is 0 Å². The summed E-state index contributed by atoms with van der Waals surface area (Å²) in [6.45, 7) is 4.28. The van der Waals surface area contributed by atoms with Crippen LogP contribution in [0.15, 0.2) is 60.3 Å². The van der Waals surface area contributed by atoms with E-state index in [0.29, 0.717) is 38.3 Å². The summed E-state index contributed by atoms with van der Waals surface area (Å²) < 4.78 is 1.88. The van der Waals surface area contributed by atoms with Crippen molar-refractivity contribution in [3.8, 4) is 11.4 Å². The Morgan fingerprint density at radius 2 is 1.96 bits per heavy atom. The van der Waals surface area contributed by atoms with Crippen LogP contribution >= 0.6 is 46.6 Å². The van der Waals surface area contributed by atoms with Gasteiger partial charge in [-0.15, -0.1) is 16.8 Å². The van der Waals surface area contributed by atoms with Gasteiger partial charge in [0.15, 0.2) is 11.0 Å². The van der Waals surface area contributed by atoms with Crippen molar-refractivity contribution in [1.82, 2.24) is 14.8 Å². The molecule has 1 amide bonds. The lowest BCUT2D eigenvalue weighted by Gasteiger charge is -2.09. The predicted octanol–water partition coefficient (Wildman–Crippen LogP) is 5.82. The summed E-state index contributed by atoms with van der Waals surface area (Å²) >= 11 is 19.4. The fourth-order valence-electron chi connectivity index (χ4n) is 2.45. The van der Waals surface area contributed by atoms with E-state index in [9.17, 15) is 4.79 Å². The Labute approximate surface area is 181 Å². The van der Waals surface area contributed by atoms with Gasteiger partial charge >= 0.3 is 0 Å². The minimum atomic E-state index is -0.230.